The number of thioether (sulfide) groups is 1. The number of carbonyl (C=O) groups excluding carboxylic acids is 2. The molecule has 0 bridgehead atoms. The number of amides is 2. The van der Waals surface area contributed by atoms with Gasteiger partial charge in [-0.2, -0.15) is 0 Å². The second-order valence-electron chi connectivity index (χ2n) is 9.27. The van der Waals surface area contributed by atoms with Gasteiger partial charge in [-0.1, -0.05) is 30.3 Å². The molecule has 33 heavy (non-hydrogen) atoms. The number of fused-ring (bicyclic) bond motifs is 1. The molecule has 9 nitrogen and oxygen atoms in total. The average Bonchev–Trinajstić information content (AvgIpc) is 3.04. The molecule has 10 heteroatoms. The van der Waals surface area contributed by atoms with Crippen molar-refractivity contribution in [1.29, 1.82) is 0 Å². The van der Waals surface area contributed by atoms with E-state index in [-0.39, 0.29) is 0 Å². The molecule has 1 aromatic carbocycles. The molecule has 180 valence electrons. The van der Waals surface area contributed by atoms with Crippen LogP contribution in [0.1, 0.15) is 19.4 Å². The molecule has 3 saturated heterocycles. The van der Waals surface area contributed by atoms with E-state index in [1.54, 1.807) is 18.7 Å². The van der Waals surface area contributed by atoms with Crippen molar-refractivity contribution in [2.75, 3.05) is 39.4 Å². The van der Waals surface area contributed by atoms with Gasteiger partial charge in [-0.15, -0.1) is 11.8 Å². The number of nitrogens with zero attached hydrogens (tertiary/aromatic N) is 3. The van der Waals surface area contributed by atoms with Crippen molar-refractivity contribution in [1.82, 2.24) is 14.7 Å². The van der Waals surface area contributed by atoms with Gasteiger partial charge in [-0.25, -0.2) is 4.79 Å². The van der Waals surface area contributed by atoms with E-state index in [1.165, 1.54) is 16.7 Å². The molecular formula is C23H31N3O6S. The second kappa shape index (κ2) is 9.61. The van der Waals surface area contributed by atoms with Gasteiger partial charge in [0.25, 0.3) is 5.91 Å². The summed E-state index contributed by atoms with van der Waals surface area (Å²) in [6, 6.07) is 8.56. The standard InChI is InChI=1S/C23H31N3O6S/c1-23(2)18(22(30)31)26-19(28)16(21(26)33-23)17(27)20(29)25(14-15-6-4-3-5-7-15)9-8-24-10-12-32-13-11-24/h3-7,16-18,21,27H,8-14H2,1-2H3,(H,30,31)/t16-,17+,18+,21-/m1/s1. The topological polar surface area (TPSA) is 111 Å². The predicted molar refractivity (Wildman–Crippen MR) is 122 cm³/mol. The Morgan fingerprint density at radius 3 is 2.55 bits per heavy atom. The summed E-state index contributed by atoms with van der Waals surface area (Å²) in [6.07, 6.45) is -1.51. The minimum absolute atomic E-state index is 0.326. The molecule has 0 radical (unpaired) electrons. The van der Waals surface area contributed by atoms with Gasteiger partial charge in [0.05, 0.1) is 18.6 Å². The lowest BCUT2D eigenvalue weighted by Gasteiger charge is -2.45. The number of rotatable bonds is 8. The van der Waals surface area contributed by atoms with Crippen LogP contribution < -0.4 is 0 Å². The Bertz CT molecular complexity index is 891. The first-order valence-corrected chi connectivity index (χ1v) is 12.1. The maximum Gasteiger partial charge on any atom is 0.327 e. The molecule has 1 aromatic rings. The zero-order chi connectivity index (χ0) is 23.8. The average molecular weight is 478 g/mol. The summed E-state index contributed by atoms with van der Waals surface area (Å²) < 4.78 is 4.68. The predicted octanol–water partition coefficient (Wildman–Crippen LogP) is 0.471. The summed E-state index contributed by atoms with van der Waals surface area (Å²) in [5.74, 6) is -2.98. The van der Waals surface area contributed by atoms with Crippen LogP contribution in [0.25, 0.3) is 0 Å². The highest BCUT2D eigenvalue weighted by atomic mass is 32.2. The first-order valence-electron chi connectivity index (χ1n) is 11.2. The molecule has 4 rings (SSSR count). The third-order valence-corrected chi connectivity index (χ3v) is 8.22. The number of carboxylic acid groups (broad SMARTS) is 1. The van der Waals surface area contributed by atoms with Crippen LogP contribution in [0.15, 0.2) is 30.3 Å². The van der Waals surface area contributed by atoms with Crippen molar-refractivity contribution in [3.63, 3.8) is 0 Å². The monoisotopic (exact) mass is 477 g/mol. The summed E-state index contributed by atoms with van der Waals surface area (Å²) in [7, 11) is 0. The number of aliphatic hydroxyl groups is 1. The molecule has 0 unspecified atom stereocenters. The first kappa shape index (κ1) is 24.0. The third-order valence-electron chi connectivity index (χ3n) is 6.63. The molecule has 3 aliphatic heterocycles. The van der Waals surface area contributed by atoms with Crippen molar-refractivity contribution in [2.45, 2.75) is 42.7 Å². The molecule has 3 fully saturated rings. The number of benzene rings is 1. The molecule has 0 spiro atoms. The van der Waals surface area contributed by atoms with Gasteiger partial charge in [0, 0.05) is 37.5 Å². The van der Waals surface area contributed by atoms with Crippen LogP contribution >= 0.6 is 11.8 Å². The van der Waals surface area contributed by atoms with Crippen LogP contribution in [0.5, 0.6) is 0 Å². The summed E-state index contributed by atoms with van der Waals surface area (Å²) in [5.41, 5.74) is 0.934. The van der Waals surface area contributed by atoms with Crippen LogP contribution in [0.2, 0.25) is 0 Å². The molecule has 0 aliphatic carbocycles. The Morgan fingerprint density at radius 2 is 1.91 bits per heavy atom. The largest absolute Gasteiger partial charge is 0.480 e. The fourth-order valence-corrected chi connectivity index (χ4v) is 6.55. The van der Waals surface area contributed by atoms with Crippen molar-refractivity contribution in [3.05, 3.63) is 35.9 Å². The van der Waals surface area contributed by atoms with Crippen molar-refractivity contribution in [2.24, 2.45) is 5.92 Å². The highest BCUT2D eigenvalue weighted by molar-refractivity contribution is 8.01. The number of hydrogen-bond donors (Lipinski definition) is 2. The molecule has 0 aromatic heterocycles. The number of carbonyl (C=O) groups is 3. The van der Waals surface area contributed by atoms with E-state index in [1.807, 2.05) is 30.3 Å². The Labute approximate surface area is 197 Å². The van der Waals surface area contributed by atoms with Crippen molar-refractivity contribution >= 4 is 29.5 Å². The van der Waals surface area contributed by atoms with Crippen LogP contribution in [-0.4, -0.2) is 104 Å². The van der Waals surface area contributed by atoms with Gasteiger partial charge < -0.3 is 24.7 Å². The summed E-state index contributed by atoms with van der Waals surface area (Å²) in [4.78, 5) is 43.2. The summed E-state index contributed by atoms with van der Waals surface area (Å²) in [6.45, 7) is 7.82. The number of ether oxygens (including phenoxy) is 1. The minimum atomic E-state index is -1.51. The molecule has 3 heterocycles. The van der Waals surface area contributed by atoms with Crippen LogP contribution in [0, 0.1) is 5.92 Å². The number of morpholine rings is 1. The lowest BCUT2D eigenvalue weighted by atomic mass is 9.87. The van der Waals surface area contributed by atoms with Crippen LogP contribution in [0.4, 0.5) is 0 Å². The Kier molecular flexibility index (Phi) is 6.99. The smallest absolute Gasteiger partial charge is 0.327 e. The maximum atomic E-state index is 13.4. The number of hydrogen-bond acceptors (Lipinski definition) is 7. The highest BCUT2D eigenvalue weighted by Crippen LogP contribution is 2.54. The van der Waals surface area contributed by atoms with Gasteiger partial charge in [-0.3, -0.25) is 14.5 Å². The summed E-state index contributed by atoms with van der Waals surface area (Å²) in [5, 5.41) is 20.1. The van der Waals surface area contributed by atoms with Crippen molar-refractivity contribution < 1.29 is 29.3 Å². The highest BCUT2D eigenvalue weighted by Gasteiger charge is 2.66. The number of β-lactam (4-membered cyclic amide) rings is 1. The minimum Gasteiger partial charge on any atom is -0.480 e. The number of carboxylic acids is 1. The van der Waals surface area contributed by atoms with E-state index >= 15 is 0 Å². The third kappa shape index (κ3) is 4.75. The molecule has 2 amide bonds. The van der Waals surface area contributed by atoms with Crippen LogP contribution in [-0.2, 0) is 25.7 Å². The van der Waals surface area contributed by atoms with E-state index in [4.69, 9.17) is 4.74 Å². The Balaban J connectivity index is 1.48. The van der Waals surface area contributed by atoms with E-state index < -0.39 is 46.0 Å². The normalized spacial score (nSPS) is 27.5. The quantitative estimate of drug-likeness (QED) is 0.520. The van der Waals surface area contributed by atoms with E-state index in [0.717, 1.165) is 18.7 Å². The molecular weight excluding hydrogens is 446 g/mol. The SMILES string of the molecule is CC1(C)S[C@@H]2[C@H]([C@H](O)C(=O)N(CCN3CCOCC3)Cc3ccccc3)C(=O)N2[C@H]1C(=O)O. The Morgan fingerprint density at radius 1 is 1.24 bits per heavy atom. The van der Waals surface area contributed by atoms with Gasteiger partial charge >= 0.3 is 5.97 Å². The van der Waals surface area contributed by atoms with Gasteiger partial charge in [-0.05, 0) is 19.4 Å². The number of aliphatic hydroxyl groups excluding tert-OH is 1. The molecule has 3 aliphatic rings. The fraction of sp³-hybridized carbons (Fsp3) is 0.609. The molecule has 0 saturated carbocycles. The lowest BCUT2D eigenvalue weighted by molar-refractivity contribution is -0.173. The van der Waals surface area contributed by atoms with Crippen molar-refractivity contribution in [3.8, 4) is 0 Å². The maximum absolute atomic E-state index is 13.4. The molecule has 4 atom stereocenters. The Hall–Kier alpha value is -2.14. The van der Waals surface area contributed by atoms with Gasteiger partial charge in [0.15, 0.2) is 0 Å². The van der Waals surface area contributed by atoms with Gasteiger partial charge in [0.2, 0.25) is 5.91 Å². The lowest BCUT2D eigenvalue weighted by Crippen LogP contribution is -2.67. The second-order valence-corrected chi connectivity index (χ2v) is 11.0. The van der Waals surface area contributed by atoms with E-state index in [2.05, 4.69) is 4.90 Å². The molecule has 2 N–H and O–H groups in total. The zero-order valence-corrected chi connectivity index (χ0v) is 19.7. The van der Waals surface area contributed by atoms with Crippen LogP contribution in [0.3, 0.4) is 0 Å². The van der Waals surface area contributed by atoms with E-state index in [9.17, 15) is 24.6 Å². The fourth-order valence-electron chi connectivity index (χ4n) is 4.83. The first-order chi connectivity index (χ1) is 15.7. The van der Waals surface area contributed by atoms with E-state index in [0.29, 0.717) is 32.8 Å². The summed E-state index contributed by atoms with van der Waals surface area (Å²) >= 11 is 1.33. The zero-order valence-electron chi connectivity index (χ0n) is 18.9. The number of aliphatic carboxylic acids is 1. The van der Waals surface area contributed by atoms with Gasteiger partial charge in [0.1, 0.15) is 18.1 Å².